The summed E-state index contributed by atoms with van der Waals surface area (Å²) in [4.78, 5) is 25.8. The van der Waals surface area contributed by atoms with Crippen LogP contribution in [-0.4, -0.2) is 10.4 Å². The van der Waals surface area contributed by atoms with Gasteiger partial charge in [0.2, 0.25) is 0 Å². The number of halogens is 1. The first-order valence-electron chi connectivity index (χ1n) is 9.40. The SMILES string of the molecule is CC(C)(C)C(=O)/C=c1\s/c(=C/c2ccc(F)cc2)c(=O)n1Cc1ccccc1C#N. The van der Waals surface area contributed by atoms with Gasteiger partial charge >= 0.3 is 0 Å². The van der Waals surface area contributed by atoms with E-state index in [4.69, 9.17) is 0 Å². The van der Waals surface area contributed by atoms with Crippen molar-refractivity contribution >= 4 is 29.3 Å². The number of carbonyl (C=O) groups is 1. The summed E-state index contributed by atoms with van der Waals surface area (Å²) in [5.74, 6) is -0.451. The largest absolute Gasteiger partial charge is 0.294 e. The van der Waals surface area contributed by atoms with Crippen molar-refractivity contribution in [2.24, 2.45) is 5.41 Å². The molecule has 0 aliphatic heterocycles. The Labute approximate surface area is 177 Å². The van der Waals surface area contributed by atoms with E-state index in [0.29, 0.717) is 25.9 Å². The van der Waals surface area contributed by atoms with E-state index in [1.54, 1.807) is 36.4 Å². The van der Waals surface area contributed by atoms with E-state index in [-0.39, 0.29) is 23.7 Å². The van der Waals surface area contributed by atoms with Crippen LogP contribution in [-0.2, 0) is 11.3 Å². The molecule has 0 saturated heterocycles. The van der Waals surface area contributed by atoms with Gasteiger partial charge in [-0.25, -0.2) is 4.39 Å². The van der Waals surface area contributed by atoms with Crippen LogP contribution in [0.5, 0.6) is 0 Å². The van der Waals surface area contributed by atoms with Gasteiger partial charge < -0.3 is 0 Å². The summed E-state index contributed by atoms with van der Waals surface area (Å²) in [6.45, 7) is 5.63. The van der Waals surface area contributed by atoms with Gasteiger partial charge in [0.05, 0.1) is 22.7 Å². The molecule has 2 aromatic carbocycles. The molecule has 0 fully saturated rings. The second-order valence-electron chi connectivity index (χ2n) is 7.92. The number of nitriles is 1. The Morgan fingerprint density at radius 1 is 1.17 bits per heavy atom. The monoisotopic (exact) mass is 420 g/mol. The van der Waals surface area contributed by atoms with Crippen molar-refractivity contribution in [3.63, 3.8) is 0 Å². The Morgan fingerprint density at radius 3 is 2.47 bits per heavy atom. The lowest BCUT2D eigenvalue weighted by Gasteiger charge is -2.13. The first-order chi connectivity index (χ1) is 14.2. The predicted molar refractivity (Wildman–Crippen MR) is 117 cm³/mol. The molecular formula is C24H21FN2O2S. The summed E-state index contributed by atoms with van der Waals surface area (Å²) < 4.78 is 15.7. The number of aromatic nitrogens is 1. The first kappa shape index (κ1) is 21.4. The van der Waals surface area contributed by atoms with E-state index in [0.717, 1.165) is 0 Å². The molecular weight excluding hydrogens is 399 g/mol. The molecule has 152 valence electrons. The highest BCUT2D eigenvalue weighted by atomic mass is 32.1. The van der Waals surface area contributed by atoms with Crippen LogP contribution in [0.3, 0.4) is 0 Å². The maximum absolute atomic E-state index is 13.2. The van der Waals surface area contributed by atoms with Crippen LogP contribution in [0.15, 0.2) is 53.3 Å². The van der Waals surface area contributed by atoms with Gasteiger partial charge in [0.15, 0.2) is 5.78 Å². The molecule has 0 aliphatic rings. The minimum absolute atomic E-state index is 0.0978. The van der Waals surface area contributed by atoms with Crippen LogP contribution in [0.25, 0.3) is 12.2 Å². The zero-order valence-electron chi connectivity index (χ0n) is 17.0. The molecule has 0 N–H and O–H groups in total. The third kappa shape index (κ3) is 4.81. The standard InChI is InChI=1S/C24H21FN2O2S/c1-24(2,3)21(28)13-22-27(15-18-7-5-4-6-17(18)14-26)23(29)20(30-22)12-16-8-10-19(25)11-9-16/h4-13H,15H2,1-3H3/b20-12+,22-13-. The average Bonchev–Trinajstić information content (AvgIpc) is 2.98. The fourth-order valence-electron chi connectivity index (χ4n) is 2.77. The lowest BCUT2D eigenvalue weighted by Crippen LogP contribution is -2.33. The minimum Gasteiger partial charge on any atom is -0.294 e. The number of ketones is 1. The Kier molecular flexibility index (Phi) is 6.14. The van der Waals surface area contributed by atoms with Crippen LogP contribution in [0.1, 0.15) is 37.5 Å². The topological polar surface area (TPSA) is 62.9 Å². The molecule has 0 unspecified atom stereocenters. The van der Waals surface area contributed by atoms with Crippen LogP contribution >= 0.6 is 11.3 Å². The Balaban J connectivity index is 2.21. The molecule has 4 nitrogen and oxygen atoms in total. The first-order valence-corrected chi connectivity index (χ1v) is 10.2. The molecule has 3 aromatic rings. The summed E-state index contributed by atoms with van der Waals surface area (Å²) >= 11 is 1.20. The van der Waals surface area contributed by atoms with E-state index in [2.05, 4.69) is 6.07 Å². The van der Waals surface area contributed by atoms with Crippen LogP contribution in [0.4, 0.5) is 4.39 Å². The highest BCUT2D eigenvalue weighted by molar-refractivity contribution is 7.07. The van der Waals surface area contributed by atoms with Crippen molar-refractivity contribution in [3.8, 4) is 6.07 Å². The maximum atomic E-state index is 13.2. The molecule has 30 heavy (non-hydrogen) atoms. The molecule has 0 bridgehead atoms. The Bertz CT molecular complexity index is 1300. The number of benzene rings is 2. The van der Waals surface area contributed by atoms with Crippen molar-refractivity contribution in [3.05, 3.63) is 90.6 Å². The van der Waals surface area contributed by atoms with Gasteiger partial charge in [0.25, 0.3) is 5.56 Å². The highest BCUT2D eigenvalue weighted by Gasteiger charge is 2.19. The van der Waals surface area contributed by atoms with Crippen LogP contribution in [0.2, 0.25) is 0 Å². The van der Waals surface area contributed by atoms with E-state index in [1.807, 2.05) is 26.8 Å². The molecule has 0 spiro atoms. The Hall–Kier alpha value is -3.30. The van der Waals surface area contributed by atoms with E-state index in [9.17, 15) is 19.2 Å². The minimum atomic E-state index is -0.587. The number of carbonyl (C=O) groups excluding carboxylic acids is 1. The smallest absolute Gasteiger partial charge is 0.269 e. The molecule has 0 radical (unpaired) electrons. The Morgan fingerprint density at radius 2 is 1.83 bits per heavy atom. The van der Waals surface area contributed by atoms with E-state index in [1.165, 1.54) is 34.1 Å². The number of rotatable bonds is 4. The predicted octanol–water partition coefficient (Wildman–Crippen LogP) is 3.19. The second-order valence-corrected chi connectivity index (χ2v) is 8.98. The van der Waals surface area contributed by atoms with E-state index >= 15 is 0 Å². The molecule has 0 amide bonds. The zero-order chi connectivity index (χ0) is 21.9. The molecule has 0 saturated carbocycles. The lowest BCUT2D eigenvalue weighted by atomic mass is 9.91. The van der Waals surface area contributed by atoms with Crippen molar-refractivity contribution < 1.29 is 9.18 Å². The number of hydrogen-bond acceptors (Lipinski definition) is 4. The van der Waals surface area contributed by atoms with E-state index < -0.39 is 5.41 Å². The van der Waals surface area contributed by atoms with Crippen molar-refractivity contribution in [2.45, 2.75) is 27.3 Å². The lowest BCUT2D eigenvalue weighted by molar-refractivity contribution is -0.120. The summed E-state index contributed by atoms with van der Waals surface area (Å²) in [5, 5.41) is 9.38. The summed E-state index contributed by atoms with van der Waals surface area (Å²) in [5.41, 5.74) is 1.02. The molecule has 0 atom stereocenters. The highest BCUT2D eigenvalue weighted by Crippen LogP contribution is 2.15. The second kappa shape index (κ2) is 8.60. The third-order valence-corrected chi connectivity index (χ3v) is 5.62. The molecule has 1 heterocycles. The quantitative estimate of drug-likeness (QED) is 0.651. The number of Topliss-reactive ketones (excluding diaryl/α,β-unsaturated/α-hetero) is 1. The van der Waals surface area contributed by atoms with Gasteiger partial charge in [0.1, 0.15) is 10.5 Å². The summed E-state index contributed by atoms with van der Waals surface area (Å²) in [6, 6.07) is 15.0. The van der Waals surface area contributed by atoms with Gasteiger partial charge in [-0.1, -0.05) is 51.1 Å². The van der Waals surface area contributed by atoms with Gasteiger partial charge in [0, 0.05) is 11.5 Å². The van der Waals surface area contributed by atoms with Crippen molar-refractivity contribution in [2.75, 3.05) is 0 Å². The summed E-state index contributed by atoms with van der Waals surface area (Å²) in [7, 11) is 0. The van der Waals surface area contributed by atoms with Crippen molar-refractivity contribution in [1.29, 1.82) is 5.26 Å². The van der Waals surface area contributed by atoms with Gasteiger partial charge in [-0.05, 0) is 35.4 Å². The number of hydrogen-bond donors (Lipinski definition) is 0. The van der Waals surface area contributed by atoms with Crippen LogP contribution in [0, 0.1) is 22.6 Å². The fourth-order valence-corrected chi connectivity index (χ4v) is 3.81. The molecule has 6 heteroatoms. The fraction of sp³-hybridized carbons (Fsp3) is 0.208. The number of nitrogens with zero attached hydrogens (tertiary/aromatic N) is 2. The summed E-state index contributed by atoms with van der Waals surface area (Å²) in [6.07, 6.45) is 3.17. The van der Waals surface area contributed by atoms with Crippen molar-refractivity contribution in [1.82, 2.24) is 4.57 Å². The van der Waals surface area contributed by atoms with Gasteiger partial charge in [-0.15, -0.1) is 11.3 Å². The van der Waals surface area contributed by atoms with Gasteiger partial charge in [-0.2, -0.15) is 5.26 Å². The average molecular weight is 421 g/mol. The molecule has 1 aromatic heterocycles. The third-order valence-electron chi connectivity index (χ3n) is 4.56. The number of thiazole rings is 1. The molecule has 3 rings (SSSR count). The normalized spacial score (nSPS) is 12.8. The van der Waals surface area contributed by atoms with Gasteiger partial charge in [-0.3, -0.25) is 14.2 Å². The zero-order valence-corrected chi connectivity index (χ0v) is 17.8. The molecule has 0 aliphatic carbocycles. The maximum Gasteiger partial charge on any atom is 0.269 e. The van der Waals surface area contributed by atoms with Crippen LogP contribution < -0.4 is 14.8 Å².